The number of nitrogens with one attached hydrogen (secondary N) is 1. The van der Waals surface area contributed by atoms with Crippen molar-refractivity contribution >= 4 is 5.91 Å². The molecule has 0 bridgehead atoms. The first-order chi connectivity index (χ1) is 13.6. The summed E-state index contributed by atoms with van der Waals surface area (Å²) < 4.78 is 25.8. The number of amides is 1. The average molecular weight is 380 g/mol. The van der Waals surface area contributed by atoms with Crippen molar-refractivity contribution in [3.05, 3.63) is 65.5 Å². The highest BCUT2D eigenvalue weighted by molar-refractivity contribution is 5.91. The van der Waals surface area contributed by atoms with Gasteiger partial charge in [0.1, 0.15) is 17.7 Å². The Balaban J connectivity index is 1.47. The molecule has 5 nitrogen and oxygen atoms in total. The zero-order valence-electron chi connectivity index (χ0n) is 15.4. The van der Waals surface area contributed by atoms with Crippen molar-refractivity contribution in [2.24, 2.45) is 0 Å². The molecular formula is C22H21FN2O3. The summed E-state index contributed by atoms with van der Waals surface area (Å²) in [5.41, 5.74) is 0.240. The van der Waals surface area contributed by atoms with Crippen LogP contribution in [0.5, 0.6) is 5.75 Å². The summed E-state index contributed by atoms with van der Waals surface area (Å²) in [6, 6.07) is 15.2. The van der Waals surface area contributed by atoms with Crippen molar-refractivity contribution in [3.63, 3.8) is 0 Å². The zero-order valence-corrected chi connectivity index (χ0v) is 15.4. The Kier molecular flexibility index (Phi) is 5.01. The molecule has 1 amide bonds. The van der Waals surface area contributed by atoms with Crippen molar-refractivity contribution in [2.45, 2.75) is 36.8 Å². The first-order valence-electron chi connectivity index (χ1n) is 9.43. The molecule has 0 aromatic heterocycles. The maximum absolute atomic E-state index is 14.2. The Hall–Kier alpha value is -2.91. The van der Waals surface area contributed by atoms with Gasteiger partial charge in [0.2, 0.25) is 5.91 Å². The predicted molar refractivity (Wildman–Crippen MR) is 100 cm³/mol. The Morgan fingerprint density at radius 3 is 2.64 bits per heavy atom. The number of benzene rings is 2. The number of rotatable bonds is 5. The molecule has 1 saturated heterocycles. The van der Waals surface area contributed by atoms with Crippen LogP contribution in [0, 0.1) is 17.1 Å². The second-order valence-electron chi connectivity index (χ2n) is 7.30. The van der Waals surface area contributed by atoms with Gasteiger partial charge in [0.05, 0.1) is 29.7 Å². The zero-order chi connectivity index (χ0) is 19.6. The van der Waals surface area contributed by atoms with Gasteiger partial charge in [0.25, 0.3) is 0 Å². The number of nitrogens with zero attached hydrogens (tertiary/aromatic N) is 1. The van der Waals surface area contributed by atoms with Crippen molar-refractivity contribution < 1.29 is 18.7 Å². The number of hydrogen-bond donors (Lipinski definition) is 1. The molecule has 1 N–H and O–H groups in total. The third kappa shape index (κ3) is 3.58. The van der Waals surface area contributed by atoms with Gasteiger partial charge in [-0.05, 0) is 49.6 Å². The molecule has 0 radical (unpaired) electrons. The second-order valence-corrected chi connectivity index (χ2v) is 7.30. The highest BCUT2D eigenvalue weighted by atomic mass is 19.1. The first kappa shape index (κ1) is 18.5. The number of hydrogen-bond acceptors (Lipinski definition) is 4. The summed E-state index contributed by atoms with van der Waals surface area (Å²) in [7, 11) is 0. The van der Waals surface area contributed by atoms with Gasteiger partial charge in [-0.25, -0.2) is 4.39 Å². The standard InChI is InChI=1S/C22H21FN2O3/c23-18-4-2-1-3-17(18)22(10-11-22)21(26)25-19-9-12-27-14-20(19)28-16-7-5-15(13-24)6-8-16/h1-8,19-20H,9-12,14H2,(H,25,26)/t19-,20-/m1/s1. The summed E-state index contributed by atoms with van der Waals surface area (Å²) >= 11 is 0. The molecule has 0 spiro atoms. The fraction of sp³-hybridized carbons (Fsp3) is 0.364. The van der Waals surface area contributed by atoms with Crippen LogP contribution in [0.25, 0.3) is 0 Å². The van der Waals surface area contributed by atoms with Gasteiger partial charge in [0, 0.05) is 12.2 Å². The summed E-state index contributed by atoms with van der Waals surface area (Å²) in [4.78, 5) is 13.0. The van der Waals surface area contributed by atoms with Gasteiger partial charge < -0.3 is 14.8 Å². The van der Waals surface area contributed by atoms with E-state index in [1.807, 2.05) is 0 Å². The monoisotopic (exact) mass is 380 g/mol. The summed E-state index contributed by atoms with van der Waals surface area (Å²) in [5, 5.41) is 12.0. The van der Waals surface area contributed by atoms with Crippen LogP contribution in [0.3, 0.4) is 0 Å². The van der Waals surface area contributed by atoms with Crippen LogP contribution in [-0.4, -0.2) is 31.3 Å². The molecule has 4 rings (SSSR count). The topological polar surface area (TPSA) is 71.3 Å². The van der Waals surface area contributed by atoms with Crippen LogP contribution >= 0.6 is 0 Å². The quantitative estimate of drug-likeness (QED) is 0.865. The van der Waals surface area contributed by atoms with Crippen LogP contribution in [-0.2, 0) is 14.9 Å². The Bertz CT molecular complexity index is 903. The van der Waals surface area contributed by atoms with Crippen molar-refractivity contribution in [2.75, 3.05) is 13.2 Å². The van der Waals surface area contributed by atoms with E-state index < -0.39 is 5.41 Å². The van der Waals surface area contributed by atoms with Crippen LogP contribution in [0.15, 0.2) is 48.5 Å². The maximum Gasteiger partial charge on any atom is 0.231 e. The minimum absolute atomic E-state index is 0.155. The molecule has 6 heteroatoms. The van der Waals surface area contributed by atoms with Crippen LogP contribution in [0.4, 0.5) is 4.39 Å². The average Bonchev–Trinajstić information content (AvgIpc) is 3.52. The third-order valence-corrected chi connectivity index (χ3v) is 5.47. The molecule has 2 aliphatic rings. The van der Waals surface area contributed by atoms with Crippen molar-refractivity contribution in [1.29, 1.82) is 5.26 Å². The van der Waals surface area contributed by atoms with Gasteiger partial charge in [-0.3, -0.25) is 4.79 Å². The van der Waals surface area contributed by atoms with Crippen LogP contribution in [0.2, 0.25) is 0 Å². The van der Waals surface area contributed by atoms with Crippen molar-refractivity contribution in [1.82, 2.24) is 5.32 Å². The normalized spacial score (nSPS) is 22.7. The van der Waals surface area contributed by atoms with E-state index in [0.29, 0.717) is 49.4 Å². The van der Waals surface area contributed by atoms with E-state index in [4.69, 9.17) is 14.7 Å². The maximum atomic E-state index is 14.2. The van der Waals surface area contributed by atoms with Gasteiger partial charge in [0.15, 0.2) is 0 Å². The fourth-order valence-electron chi connectivity index (χ4n) is 3.68. The lowest BCUT2D eigenvalue weighted by Gasteiger charge is -2.33. The fourth-order valence-corrected chi connectivity index (χ4v) is 3.68. The summed E-state index contributed by atoms with van der Waals surface area (Å²) in [5.74, 6) is 0.120. The smallest absolute Gasteiger partial charge is 0.231 e. The number of ether oxygens (including phenoxy) is 2. The molecule has 2 atom stereocenters. The van der Waals surface area contributed by atoms with Gasteiger partial charge in [-0.1, -0.05) is 18.2 Å². The molecule has 1 heterocycles. The first-order valence-corrected chi connectivity index (χ1v) is 9.43. The molecule has 144 valence electrons. The largest absolute Gasteiger partial charge is 0.486 e. The molecule has 0 unspecified atom stereocenters. The minimum atomic E-state index is -0.775. The van der Waals surface area contributed by atoms with E-state index >= 15 is 0 Å². The number of carbonyl (C=O) groups is 1. The highest BCUT2D eigenvalue weighted by Gasteiger charge is 2.53. The van der Waals surface area contributed by atoms with Gasteiger partial charge in [-0.15, -0.1) is 0 Å². The Morgan fingerprint density at radius 1 is 1.21 bits per heavy atom. The molecule has 2 aromatic carbocycles. The SMILES string of the molecule is N#Cc1ccc(O[C@@H]2COCC[C@H]2NC(=O)C2(c3ccccc3F)CC2)cc1. The Morgan fingerprint density at radius 2 is 1.96 bits per heavy atom. The summed E-state index contributed by atoms with van der Waals surface area (Å²) in [6.07, 6.45) is 1.57. The molecular weight excluding hydrogens is 359 g/mol. The van der Waals surface area contributed by atoms with E-state index in [1.165, 1.54) is 6.07 Å². The molecule has 1 saturated carbocycles. The molecule has 1 aliphatic carbocycles. The number of carbonyl (C=O) groups excluding carboxylic acids is 1. The Labute approximate surface area is 163 Å². The number of halogens is 1. The predicted octanol–water partition coefficient (Wildman–Crippen LogP) is 3.08. The molecule has 2 fully saturated rings. The van der Waals surface area contributed by atoms with Crippen LogP contribution < -0.4 is 10.1 Å². The minimum Gasteiger partial charge on any atom is -0.486 e. The van der Waals surface area contributed by atoms with E-state index in [0.717, 1.165) is 0 Å². The van der Waals surface area contributed by atoms with E-state index in [1.54, 1.807) is 42.5 Å². The molecule has 1 aliphatic heterocycles. The highest BCUT2D eigenvalue weighted by Crippen LogP contribution is 2.49. The lowest BCUT2D eigenvalue weighted by Crippen LogP contribution is -2.53. The van der Waals surface area contributed by atoms with E-state index in [-0.39, 0.29) is 23.9 Å². The molecule has 2 aromatic rings. The van der Waals surface area contributed by atoms with Crippen LogP contribution in [0.1, 0.15) is 30.4 Å². The second kappa shape index (κ2) is 7.61. The number of nitriles is 1. The lowest BCUT2D eigenvalue weighted by molar-refractivity contribution is -0.126. The van der Waals surface area contributed by atoms with Gasteiger partial charge in [-0.2, -0.15) is 5.26 Å². The third-order valence-electron chi connectivity index (χ3n) is 5.47. The van der Waals surface area contributed by atoms with E-state index in [9.17, 15) is 9.18 Å². The lowest BCUT2D eigenvalue weighted by atomic mass is 9.93. The van der Waals surface area contributed by atoms with E-state index in [2.05, 4.69) is 11.4 Å². The summed E-state index contributed by atoms with van der Waals surface area (Å²) in [6.45, 7) is 0.891. The van der Waals surface area contributed by atoms with Crippen molar-refractivity contribution in [3.8, 4) is 11.8 Å². The van der Waals surface area contributed by atoms with Gasteiger partial charge >= 0.3 is 0 Å². The molecule has 28 heavy (non-hydrogen) atoms.